The van der Waals surface area contributed by atoms with Crippen molar-refractivity contribution in [2.24, 2.45) is 0 Å². The lowest BCUT2D eigenvalue weighted by Gasteiger charge is -2.41. The highest BCUT2D eigenvalue weighted by Gasteiger charge is 2.39. The van der Waals surface area contributed by atoms with Crippen LogP contribution in [0.2, 0.25) is 5.02 Å². The van der Waals surface area contributed by atoms with E-state index in [0.29, 0.717) is 34.9 Å². The molecule has 9 nitrogen and oxygen atoms in total. The molecule has 0 radical (unpaired) electrons. The summed E-state index contributed by atoms with van der Waals surface area (Å²) in [5, 5.41) is 3.44. The fourth-order valence-corrected chi connectivity index (χ4v) is 6.52. The Morgan fingerprint density at radius 1 is 1.11 bits per heavy atom. The van der Waals surface area contributed by atoms with Crippen LogP contribution in [-0.4, -0.2) is 80.4 Å². The minimum absolute atomic E-state index is 0.188. The van der Waals surface area contributed by atoms with Crippen molar-refractivity contribution >= 4 is 33.6 Å². The van der Waals surface area contributed by atoms with Gasteiger partial charge in [-0.15, -0.1) is 0 Å². The number of piperazine rings is 1. The van der Waals surface area contributed by atoms with Crippen LogP contribution in [0.25, 0.3) is 0 Å². The lowest BCUT2D eigenvalue weighted by Crippen LogP contribution is -2.56. The number of sulfonamides is 1. The molecule has 37 heavy (non-hydrogen) atoms. The number of carbonyl (C=O) groups is 2. The summed E-state index contributed by atoms with van der Waals surface area (Å²) in [5.74, 6) is -0.511. The van der Waals surface area contributed by atoms with E-state index in [9.17, 15) is 18.0 Å². The highest BCUT2D eigenvalue weighted by atomic mass is 35.5. The zero-order valence-electron chi connectivity index (χ0n) is 21.1. The van der Waals surface area contributed by atoms with E-state index in [4.69, 9.17) is 16.3 Å². The predicted molar refractivity (Wildman–Crippen MR) is 140 cm³/mol. The molecule has 4 rings (SSSR count). The Bertz CT molecular complexity index is 1280. The number of hydrogen-bond acceptors (Lipinski definition) is 6. The minimum Gasteiger partial charge on any atom is -0.463 e. The van der Waals surface area contributed by atoms with Crippen molar-refractivity contribution in [2.75, 3.05) is 39.8 Å². The summed E-state index contributed by atoms with van der Waals surface area (Å²) in [6.45, 7) is 5.23. The summed E-state index contributed by atoms with van der Waals surface area (Å²) in [4.78, 5) is 29.8. The first-order valence-corrected chi connectivity index (χ1v) is 13.9. The van der Waals surface area contributed by atoms with E-state index in [2.05, 4.69) is 10.2 Å². The van der Waals surface area contributed by atoms with Crippen molar-refractivity contribution in [3.63, 3.8) is 0 Å². The van der Waals surface area contributed by atoms with Crippen molar-refractivity contribution < 1.29 is 22.7 Å². The van der Waals surface area contributed by atoms with E-state index >= 15 is 0 Å². The molecule has 2 aliphatic rings. The quantitative estimate of drug-likeness (QED) is 0.535. The van der Waals surface area contributed by atoms with Gasteiger partial charge in [0.15, 0.2) is 0 Å². The fourth-order valence-electron chi connectivity index (χ4n) is 4.76. The molecule has 11 heteroatoms. The molecule has 0 saturated carbocycles. The van der Waals surface area contributed by atoms with Gasteiger partial charge in [-0.05, 0) is 43.7 Å². The van der Waals surface area contributed by atoms with E-state index in [1.54, 1.807) is 68.6 Å². The molecule has 2 aliphatic heterocycles. The van der Waals surface area contributed by atoms with Gasteiger partial charge in [0.25, 0.3) is 0 Å². The molecule has 1 N–H and O–H groups in total. The first-order chi connectivity index (χ1) is 17.6. The largest absolute Gasteiger partial charge is 0.463 e. The van der Waals surface area contributed by atoms with Gasteiger partial charge in [0.05, 0.1) is 23.1 Å². The molecule has 2 atom stereocenters. The van der Waals surface area contributed by atoms with Gasteiger partial charge in [0.1, 0.15) is 0 Å². The maximum atomic E-state index is 13.2. The Balaban J connectivity index is 1.62. The van der Waals surface area contributed by atoms with Crippen LogP contribution >= 0.6 is 11.6 Å². The Hall–Kier alpha value is -2.92. The second-order valence-corrected chi connectivity index (χ2v) is 11.4. The molecule has 2 aromatic carbocycles. The van der Waals surface area contributed by atoms with Gasteiger partial charge in [-0.1, -0.05) is 41.9 Å². The van der Waals surface area contributed by atoms with E-state index in [-0.39, 0.29) is 36.7 Å². The number of urea groups is 1. The lowest BCUT2D eigenvalue weighted by molar-refractivity contribution is -0.139. The van der Waals surface area contributed by atoms with Crippen LogP contribution in [0.15, 0.2) is 70.8 Å². The molecular weight excluding hydrogens is 516 g/mol. The van der Waals surface area contributed by atoms with Crippen molar-refractivity contribution in [3.8, 4) is 0 Å². The third-order valence-corrected chi connectivity index (χ3v) is 8.93. The van der Waals surface area contributed by atoms with Crippen molar-refractivity contribution in [3.05, 3.63) is 76.5 Å². The van der Waals surface area contributed by atoms with Gasteiger partial charge in [-0.3, -0.25) is 9.80 Å². The number of nitrogens with zero attached hydrogens (tertiary/aromatic N) is 3. The predicted octanol–water partition coefficient (Wildman–Crippen LogP) is 3.25. The topological polar surface area (TPSA) is 99.3 Å². The van der Waals surface area contributed by atoms with Crippen molar-refractivity contribution in [2.45, 2.75) is 30.8 Å². The molecule has 0 bridgehead atoms. The van der Waals surface area contributed by atoms with E-state index < -0.39 is 22.0 Å². The number of ether oxygens (including phenoxy) is 1. The first kappa shape index (κ1) is 27.1. The number of nitrogens with one attached hydrogen (secondary N) is 1. The number of halogens is 1. The minimum atomic E-state index is -3.63. The average Bonchev–Trinajstić information content (AvgIpc) is 2.87. The standard InChI is InChI=1S/C26H31ClN4O5S/c1-4-36-25(32)23-22(29(3)26(33)28-24(23)19-10-12-20(27)13-11-19)17-30-14-15-31(18(2)16-30)37(34,35)21-8-6-5-7-9-21/h5-13,18,24H,4,14-17H2,1-3H3,(H,28,33)/t18-,24-/m0/s1. The van der Waals surface area contributed by atoms with E-state index in [0.717, 1.165) is 0 Å². The maximum Gasteiger partial charge on any atom is 0.338 e. The van der Waals surface area contributed by atoms with Gasteiger partial charge in [-0.25, -0.2) is 18.0 Å². The third-order valence-electron chi connectivity index (χ3n) is 6.65. The summed E-state index contributed by atoms with van der Waals surface area (Å²) < 4.78 is 33.3. The number of hydrogen-bond donors (Lipinski definition) is 1. The summed E-state index contributed by atoms with van der Waals surface area (Å²) in [7, 11) is -2.02. The first-order valence-electron chi connectivity index (χ1n) is 12.1. The smallest absolute Gasteiger partial charge is 0.338 e. The zero-order chi connectivity index (χ0) is 26.7. The molecule has 2 aromatic rings. The normalized spacial score (nSPS) is 21.6. The van der Waals surface area contributed by atoms with E-state index in [1.807, 2.05) is 6.92 Å². The van der Waals surface area contributed by atoms with Crippen molar-refractivity contribution in [1.29, 1.82) is 0 Å². The Labute approximate surface area is 222 Å². The maximum absolute atomic E-state index is 13.2. The summed E-state index contributed by atoms with van der Waals surface area (Å²) in [6, 6.07) is 14.0. The van der Waals surface area contributed by atoms with Crippen LogP contribution < -0.4 is 5.32 Å². The molecular formula is C26H31ClN4O5S. The van der Waals surface area contributed by atoms with Gasteiger partial charge in [-0.2, -0.15) is 4.31 Å². The van der Waals surface area contributed by atoms with Gasteiger partial charge >= 0.3 is 12.0 Å². The molecule has 1 fully saturated rings. The number of rotatable bonds is 7. The number of amides is 2. The molecule has 0 unspecified atom stereocenters. The molecule has 2 amide bonds. The Morgan fingerprint density at radius 2 is 1.78 bits per heavy atom. The lowest BCUT2D eigenvalue weighted by atomic mass is 9.94. The highest BCUT2D eigenvalue weighted by molar-refractivity contribution is 7.89. The van der Waals surface area contributed by atoms with Crippen LogP contribution in [0, 0.1) is 0 Å². The number of benzene rings is 2. The third kappa shape index (κ3) is 5.67. The van der Waals surface area contributed by atoms with Crippen LogP contribution in [-0.2, 0) is 19.6 Å². The fraction of sp³-hybridized carbons (Fsp3) is 0.385. The van der Waals surface area contributed by atoms with E-state index in [1.165, 1.54) is 9.21 Å². The number of carbonyl (C=O) groups excluding carboxylic acids is 2. The molecule has 2 heterocycles. The molecule has 198 valence electrons. The van der Waals surface area contributed by atoms with Gasteiger partial charge in [0, 0.05) is 50.0 Å². The summed E-state index contributed by atoms with van der Waals surface area (Å²) >= 11 is 6.05. The van der Waals surface area contributed by atoms with Gasteiger partial charge < -0.3 is 10.1 Å². The van der Waals surface area contributed by atoms with Crippen LogP contribution in [0.4, 0.5) is 4.79 Å². The molecule has 1 saturated heterocycles. The Morgan fingerprint density at radius 3 is 2.41 bits per heavy atom. The zero-order valence-corrected chi connectivity index (χ0v) is 22.6. The molecule has 0 aliphatic carbocycles. The SMILES string of the molecule is CCOC(=O)C1=C(CN2CCN(S(=O)(=O)c3ccccc3)[C@@H](C)C2)N(C)C(=O)N[C@H]1c1ccc(Cl)cc1. The number of esters is 1. The number of likely N-dealkylation sites (N-methyl/N-ethyl adjacent to an activating group) is 1. The second kappa shape index (κ2) is 11.2. The van der Waals surface area contributed by atoms with Crippen LogP contribution in [0.1, 0.15) is 25.5 Å². The Kier molecular flexibility index (Phi) is 8.23. The average molecular weight is 547 g/mol. The van der Waals surface area contributed by atoms with Gasteiger partial charge in [0.2, 0.25) is 10.0 Å². The summed E-state index contributed by atoms with van der Waals surface area (Å²) in [6.07, 6.45) is 0. The van der Waals surface area contributed by atoms with Crippen molar-refractivity contribution in [1.82, 2.24) is 19.4 Å². The highest BCUT2D eigenvalue weighted by Crippen LogP contribution is 2.32. The molecule has 0 spiro atoms. The summed E-state index contributed by atoms with van der Waals surface area (Å²) in [5.41, 5.74) is 1.57. The second-order valence-electron chi connectivity index (χ2n) is 9.09. The van der Waals surface area contributed by atoms with Crippen LogP contribution in [0.3, 0.4) is 0 Å². The molecule has 0 aromatic heterocycles. The van der Waals surface area contributed by atoms with Crippen LogP contribution in [0.5, 0.6) is 0 Å². The monoisotopic (exact) mass is 546 g/mol.